The molecule has 0 saturated heterocycles. The van der Waals surface area contributed by atoms with Gasteiger partial charge in [-0.1, -0.05) is 6.07 Å². The van der Waals surface area contributed by atoms with Gasteiger partial charge in [-0.05, 0) is 66.2 Å². The first-order valence-electron chi connectivity index (χ1n) is 7.27. The van der Waals surface area contributed by atoms with Crippen LogP contribution in [-0.4, -0.2) is 31.4 Å². The molecule has 2 unspecified atom stereocenters. The van der Waals surface area contributed by atoms with Crippen LogP contribution >= 0.6 is 15.9 Å². The molecule has 0 amide bonds. The summed E-state index contributed by atoms with van der Waals surface area (Å²) in [5.41, 5.74) is 2.12. The van der Waals surface area contributed by atoms with Crippen LogP contribution in [0.2, 0.25) is 0 Å². The van der Waals surface area contributed by atoms with Crippen molar-refractivity contribution in [2.75, 3.05) is 25.2 Å². The summed E-state index contributed by atoms with van der Waals surface area (Å²) >= 11 is 3.65. The van der Waals surface area contributed by atoms with Crippen LogP contribution in [0, 0.1) is 5.92 Å². The molecule has 3 nitrogen and oxygen atoms in total. The lowest BCUT2D eigenvalue weighted by atomic mass is 10.1. The molecule has 1 N–H and O–H groups in total. The molecule has 0 radical (unpaired) electrons. The van der Waals surface area contributed by atoms with Gasteiger partial charge in [0.05, 0.1) is 18.4 Å². The number of halogens is 1. The summed E-state index contributed by atoms with van der Waals surface area (Å²) in [6.45, 7) is 5.70. The van der Waals surface area contributed by atoms with Gasteiger partial charge in [-0.2, -0.15) is 0 Å². The zero-order chi connectivity index (χ0) is 14.7. The lowest BCUT2D eigenvalue weighted by molar-refractivity contribution is 0.199. The Morgan fingerprint density at radius 3 is 2.60 bits per heavy atom. The Labute approximate surface area is 130 Å². The highest BCUT2D eigenvalue weighted by Gasteiger charge is 2.32. The van der Waals surface area contributed by atoms with Crippen molar-refractivity contribution in [1.29, 1.82) is 0 Å². The SMILES string of the molecule is COCCN(c1ccc(C(C)O)cc1Br)C(C)C1CC1. The van der Waals surface area contributed by atoms with E-state index in [1.54, 1.807) is 14.0 Å². The van der Waals surface area contributed by atoms with Gasteiger partial charge < -0.3 is 14.7 Å². The third-order valence-corrected chi connectivity index (χ3v) is 4.73. The van der Waals surface area contributed by atoms with E-state index in [2.05, 4.69) is 33.8 Å². The van der Waals surface area contributed by atoms with Gasteiger partial charge in [0.15, 0.2) is 0 Å². The van der Waals surface area contributed by atoms with Crippen molar-refractivity contribution in [2.24, 2.45) is 5.92 Å². The van der Waals surface area contributed by atoms with Crippen LogP contribution in [-0.2, 0) is 4.74 Å². The van der Waals surface area contributed by atoms with E-state index < -0.39 is 6.10 Å². The van der Waals surface area contributed by atoms with Crippen molar-refractivity contribution in [2.45, 2.75) is 38.8 Å². The van der Waals surface area contributed by atoms with Crippen LogP contribution in [0.25, 0.3) is 0 Å². The summed E-state index contributed by atoms with van der Waals surface area (Å²) in [4.78, 5) is 2.41. The van der Waals surface area contributed by atoms with Crippen molar-refractivity contribution in [3.05, 3.63) is 28.2 Å². The number of nitrogens with zero attached hydrogens (tertiary/aromatic N) is 1. The third-order valence-electron chi connectivity index (χ3n) is 4.10. The summed E-state index contributed by atoms with van der Waals surface area (Å²) in [7, 11) is 1.74. The molecule has 1 aromatic rings. The second kappa shape index (κ2) is 6.92. The normalized spacial score (nSPS) is 17.9. The number of methoxy groups -OCH3 is 1. The molecule has 0 aromatic heterocycles. The first-order chi connectivity index (χ1) is 9.54. The maximum atomic E-state index is 9.67. The van der Waals surface area contributed by atoms with Gasteiger partial charge in [0.1, 0.15) is 0 Å². The summed E-state index contributed by atoms with van der Waals surface area (Å²) in [6, 6.07) is 6.64. The van der Waals surface area contributed by atoms with Crippen molar-refractivity contribution in [3.8, 4) is 0 Å². The standard InChI is InChI=1S/C16H24BrNO2/c1-11(13-4-5-13)18(8-9-20-3)16-7-6-14(12(2)19)10-15(16)17/h6-7,10-13,19H,4-5,8-9H2,1-3H3. The molecule has 0 bridgehead atoms. The van der Waals surface area contributed by atoms with Crippen molar-refractivity contribution >= 4 is 21.6 Å². The van der Waals surface area contributed by atoms with Gasteiger partial charge >= 0.3 is 0 Å². The van der Waals surface area contributed by atoms with Crippen LogP contribution < -0.4 is 4.90 Å². The van der Waals surface area contributed by atoms with E-state index in [0.29, 0.717) is 6.04 Å². The molecule has 0 spiro atoms. The summed E-state index contributed by atoms with van der Waals surface area (Å²) < 4.78 is 6.29. The lowest BCUT2D eigenvalue weighted by Crippen LogP contribution is -2.37. The first kappa shape index (κ1) is 15.8. The fraction of sp³-hybridized carbons (Fsp3) is 0.625. The number of benzene rings is 1. The topological polar surface area (TPSA) is 32.7 Å². The molecule has 1 fully saturated rings. The van der Waals surface area contributed by atoms with Gasteiger partial charge in [0.25, 0.3) is 0 Å². The number of aliphatic hydroxyl groups excluding tert-OH is 1. The van der Waals surface area contributed by atoms with E-state index in [-0.39, 0.29) is 0 Å². The number of rotatable bonds is 7. The number of hydrogen-bond donors (Lipinski definition) is 1. The average molecular weight is 342 g/mol. The van der Waals surface area contributed by atoms with Crippen molar-refractivity contribution < 1.29 is 9.84 Å². The van der Waals surface area contributed by atoms with E-state index in [0.717, 1.165) is 29.1 Å². The maximum Gasteiger partial charge on any atom is 0.0762 e. The predicted octanol–water partition coefficient (Wildman–Crippen LogP) is 3.75. The van der Waals surface area contributed by atoms with Gasteiger partial charge in [0, 0.05) is 24.2 Å². The van der Waals surface area contributed by atoms with Gasteiger partial charge in [0.2, 0.25) is 0 Å². The van der Waals surface area contributed by atoms with Gasteiger partial charge in [-0.25, -0.2) is 0 Å². The van der Waals surface area contributed by atoms with Crippen LogP contribution in [0.5, 0.6) is 0 Å². The molecule has 2 atom stereocenters. The Morgan fingerprint density at radius 2 is 2.10 bits per heavy atom. The fourth-order valence-corrected chi connectivity index (χ4v) is 3.21. The van der Waals surface area contributed by atoms with Crippen LogP contribution in [0.15, 0.2) is 22.7 Å². The molecular weight excluding hydrogens is 318 g/mol. The Kier molecular flexibility index (Phi) is 5.47. The minimum atomic E-state index is -0.436. The second-order valence-corrected chi connectivity index (χ2v) is 6.51. The molecule has 4 heteroatoms. The van der Waals surface area contributed by atoms with E-state index in [9.17, 15) is 5.11 Å². The summed E-state index contributed by atoms with van der Waals surface area (Å²) in [6.07, 6.45) is 2.22. The van der Waals surface area contributed by atoms with E-state index in [1.165, 1.54) is 18.5 Å². The molecule has 112 valence electrons. The number of anilines is 1. The Morgan fingerprint density at radius 1 is 1.40 bits per heavy atom. The largest absolute Gasteiger partial charge is 0.389 e. The number of ether oxygens (including phenoxy) is 1. The molecule has 0 aliphatic heterocycles. The summed E-state index contributed by atoms with van der Waals surface area (Å²) in [5.74, 6) is 0.801. The number of hydrogen-bond acceptors (Lipinski definition) is 3. The zero-order valence-electron chi connectivity index (χ0n) is 12.5. The smallest absolute Gasteiger partial charge is 0.0762 e. The van der Waals surface area contributed by atoms with Gasteiger partial charge in [-0.3, -0.25) is 0 Å². The zero-order valence-corrected chi connectivity index (χ0v) is 14.1. The van der Waals surface area contributed by atoms with Crippen LogP contribution in [0.4, 0.5) is 5.69 Å². The predicted molar refractivity (Wildman–Crippen MR) is 86.2 cm³/mol. The quantitative estimate of drug-likeness (QED) is 0.819. The van der Waals surface area contributed by atoms with Crippen LogP contribution in [0.3, 0.4) is 0 Å². The molecule has 1 aromatic carbocycles. The number of aliphatic hydroxyl groups is 1. The van der Waals surface area contributed by atoms with E-state index >= 15 is 0 Å². The van der Waals surface area contributed by atoms with Crippen LogP contribution in [0.1, 0.15) is 38.4 Å². The first-order valence-corrected chi connectivity index (χ1v) is 8.07. The van der Waals surface area contributed by atoms with Crippen molar-refractivity contribution in [3.63, 3.8) is 0 Å². The molecule has 1 saturated carbocycles. The highest BCUT2D eigenvalue weighted by molar-refractivity contribution is 9.10. The highest BCUT2D eigenvalue weighted by atomic mass is 79.9. The minimum Gasteiger partial charge on any atom is -0.389 e. The third kappa shape index (κ3) is 3.74. The fourth-order valence-electron chi connectivity index (χ4n) is 2.58. The second-order valence-electron chi connectivity index (χ2n) is 5.65. The Bertz CT molecular complexity index is 446. The molecule has 1 aliphatic rings. The molecule has 0 heterocycles. The molecule has 2 rings (SSSR count). The van der Waals surface area contributed by atoms with Gasteiger partial charge in [-0.15, -0.1) is 0 Å². The van der Waals surface area contributed by atoms with E-state index in [1.807, 2.05) is 12.1 Å². The highest BCUT2D eigenvalue weighted by Crippen LogP contribution is 2.39. The average Bonchev–Trinajstić information content (AvgIpc) is 3.24. The molecule has 1 aliphatic carbocycles. The Hall–Kier alpha value is -0.580. The monoisotopic (exact) mass is 341 g/mol. The maximum absolute atomic E-state index is 9.67. The van der Waals surface area contributed by atoms with Crippen molar-refractivity contribution in [1.82, 2.24) is 0 Å². The Balaban J connectivity index is 2.22. The summed E-state index contributed by atoms with van der Waals surface area (Å²) in [5, 5.41) is 9.67. The molecule has 20 heavy (non-hydrogen) atoms. The molecular formula is C16H24BrNO2. The minimum absolute atomic E-state index is 0.436. The van der Waals surface area contributed by atoms with E-state index in [4.69, 9.17) is 4.74 Å². The lowest BCUT2D eigenvalue weighted by Gasteiger charge is -2.32.